The van der Waals surface area contributed by atoms with Crippen molar-refractivity contribution in [2.24, 2.45) is 0 Å². The van der Waals surface area contributed by atoms with Crippen LogP contribution in [0.2, 0.25) is 0 Å². The van der Waals surface area contributed by atoms with Crippen LogP contribution in [0, 0.1) is 6.92 Å². The summed E-state index contributed by atoms with van der Waals surface area (Å²) in [5.74, 6) is 0.981. The van der Waals surface area contributed by atoms with Crippen molar-refractivity contribution in [3.63, 3.8) is 0 Å². The van der Waals surface area contributed by atoms with Gasteiger partial charge in [-0.2, -0.15) is 4.98 Å². The summed E-state index contributed by atoms with van der Waals surface area (Å²) >= 11 is 2.84. The Bertz CT molecular complexity index is 650. The van der Waals surface area contributed by atoms with Gasteiger partial charge in [0.1, 0.15) is 9.88 Å². The predicted molar refractivity (Wildman–Crippen MR) is 84.9 cm³/mol. The smallest absolute Gasteiger partial charge is 0.265 e. The van der Waals surface area contributed by atoms with Crippen LogP contribution in [0.15, 0.2) is 9.42 Å². The van der Waals surface area contributed by atoms with E-state index in [1.165, 1.54) is 28.0 Å². The van der Waals surface area contributed by atoms with Crippen LogP contribution in [0.1, 0.15) is 21.4 Å². The second-order valence-corrected chi connectivity index (χ2v) is 6.33. The Kier molecular flexibility index (Phi) is 4.73. The summed E-state index contributed by atoms with van der Waals surface area (Å²) in [5, 5.41) is 7.87. The number of nitrogen functional groups attached to an aromatic ring is 1. The molecule has 0 unspecified atom stereocenters. The van der Waals surface area contributed by atoms with E-state index in [1.807, 2.05) is 6.26 Å². The number of thioether (sulfide) groups is 1. The molecule has 0 atom stereocenters. The lowest BCUT2D eigenvalue weighted by molar-refractivity contribution is 0.0833. The van der Waals surface area contributed by atoms with Crippen molar-refractivity contribution in [3.8, 4) is 0 Å². The molecule has 0 aliphatic rings. The minimum atomic E-state index is -0.101. The van der Waals surface area contributed by atoms with E-state index in [-0.39, 0.29) is 5.91 Å². The van der Waals surface area contributed by atoms with Crippen molar-refractivity contribution >= 4 is 39.7 Å². The average Bonchev–Trinajstić information content (AvgIpc) is 2.99. The van der Waals surface area contributed by atoms with Crippen molar-refractivity contribution in [3.05, 3.63) is 16.6 Å². The minimum Gasteiger partial charge on any atom is -0.396 e. The molecule has 1 amide bonds. The van der Waals surface area contributed by atoms with Crippen LogP contribution in [0.3, 0.4) is 0 Å². The number of aromatic nitrogens is 2. The highest BCUT2D eigenvalue weighted by molar-refractivity contribution is 7.99. The molecule has 0 fully saturated rings. The van der Waals surface area contributed by atoms with E-state index in [4.69, 9.17) is 10.3 Å². The number of nitrogens with zero attached hydrogens (tertiary/aromatic N) is 3. The van der Waals surface area contributed by atoms with Crippen molar-refractivity contribution in [2.75, 3.05) is 31.4 Å². The summed E-state index contributed by atoms with van der Waals surface area (Å²) in [4.78, 5) is 19.1. The first-order valence-electron chi connectivity index (χ1n) is 6.15. The lowest BCUT2D eigenvalue weighted by Crippen LogP contribution is -2.21. The number of aryl methyl sites for hydroxylation is 1. The average molecular weight is 327 g/mol. The summed E-state index contributed by atoms with van der Waals surface area (Å²) in [5.41, 5.74) is 6.59. The zero-order chi connectivity index (χ0) is 15.6. The number of nitrogens with one attached hydrogen (secondary N) is 1. The van der Waals surface area contributed by atoms with Crippen LogP contribution in [0.4, 0.5) is 10.7 Å². The number of nitrogens with two attached hydrogens (primary N) is 1. The number of hydrogen-bond donors (Lipinski definition) is 2. The van der Waals surface area contributed by atoms with Crippen LogP contribution in [-0.4, -0.2) is 41.3 Å². The van der Waals surface area contributed by atoms with E-state index in [2.05, 4.69) is 15.5 Å². The molecule has 2 rings (SSSR count). The van der Waals surface area contributed by atoms with E-state index in [1.54, 1.807) is 21.0 Å². The van der Waals surface area contributed by atoms with Crippen molar-refractivity contribution in [1.82, 2.24) is 15.0 Å². The number of thiophene rings is 1. The molecule has 0 bridgehead atoms. The molecule has 0 aromatic carbocycles. The second-order valence-electron chi connectivity index (χ2n) is 4.49. The van der Waals surface area contributed by atoms with E-state index in [0.717, 1.165) is 9.90 Å². The van der Waals surface area contributed by atoms with E-state index in [0.29, 0.717) is 28.8 Å². The Labute approximate surface area is 130 Å². The Morgan fingerprint density at radius 3 is 2.76 bits per heavy atom. The van der Waals surface area contributed by atoms with Gasteiger partial charge in [-0.15, -0.1) is 23.1 Å². The molecule has 2 heterocycles. The first-order chi connectivity index (χ1) is 9.93. The molecule has 0 spiro atoms. The fourth-order valence-corrected chi connectivity index (χ4v) is 3.73. The van der Waals surface area contributed by atoms with Crippen LogP contribution < -0.4 is 11.1 Å². The lowest BCUT2D eigenvalue weighted by Gasteiger charge is -2.08. The monoisotopic (exact) mass is 327 g/mol. The molecule has 0 saturated carbocycles. The van der Waals surface area contributed by atoms with Crippen LogP contribution in [-0.2, 0) is 6.54 Å². The number of anilines is 2. The van der Waals surface area contributed by atoms with Gasteiger partial charge in [0.2, 0.25) is 5.89 Å². The van der Waals surface area contributed by atoms with Gasteiger partial charge in [0.15, 0.2) is 5.82 Å². The Hall–Kier alpha value is -1.74. The van der Waals surface area contributed by atoms with Gasteiger partial charge < -0.3 is 20.5 Å². The minimum absolute atomic E-state index is 0.101. The Morgan fingerprint density at radius 1 is 1.52 bits per heavy atom. The molecule has 2 aromatic heterocycles. The number of carbonyl (C=O) groups excluding carboxylic acids is 1. The molecule has 2 aromatic rings. The molecular formula is C12H17N5O2S2. The van der Waals surface area contributed by atoms with E-state index in [9.17, 15) is 4.79 Å². The summed E-state index contributed by atoms with van der Waals surface area (Å²) < 4.78 is 4.92. The normalized spacial score (nSPS) is 10.7. The van der Waals surface area contributed by atoms with Gasteiger partial charge in [-0.05, 0) is 6.26 Å². The lowest BCUT2D eigenvalue weighted by atomic mass is 10.3. The second kappa shape index (κ2) is 6.35. The molecule has 0 aliphatic heterocycles. The SMILES string of the molecule is CSc1c(NCc2noc(C)n2)sc(C(=O)N(C)C)c1N. The van der Waals surface area contributed by atoms with Gasteiger partial charge in [-0.1, -0.05) is 5.16 Å². The number of amides is 1. The van der Waals surface area contributed by atoms with Gasteiger partial charge in [0.05, 0.1) is 17.1 Å². The quantitative estimate of drug-likeness (QED) is 0.811. The zero-order valence-electron chi connectivity index (χ0n) is 12.3. The molecule has 21 heavy (non-hydrogen) atoms. The highest BCUT2D eigenvalue weighted by atomic mass is 32.2. The largest absolute Gasteiger partial charge is 0.396 e. The molecule has 0 saturated heterocycles. The topological polar surface area (TPSA) is 97.3 Å². The number of carbonyl (C=O) groups is 1. The van der Waals surface area contributed by atoms with Crippen LogP contribution in [0.5, 0.6) is 0 Å². The molecular weight excluding hydrogens is 310 g/mol. The Balaban J connectivity index is 2.22. The number of hydrogen-bond acceptors (Lipinski definition) is 8. The van der Waals surface area contributed by atoms with Crippen LogP contribution >= 0.6 is 23.1 Å². The fraction of sp³-hybridized carbons (Fsp3) is 0.417. The third-order valence-electron chi connectivity index (χ3n) is 2.68. The van der Waals surface area contributed by atoms with Crippen LogP contribution in [0.25, 0.3) is 0 Å². The van der Waals surface area contributed by atoms with Gasteiger partial charge in [-0.25, -0.2) is 0 Å². The predicted octanol–water partition coefficient (Wildman–Crippen LogP) is 2.06. The molecule has 114 valence electrons. The molecule has 0 aliphatic carbocycles. The zero-order valence-corrected chi connectivity index (χ0v) is 13.9. The fourth-order valence-electron chi connectivity index (χ4n) is 1.68. The van der Waals surface area contributed by atoms with Gasteiger partial charge >= 0.3 is 0 Å². The van der Waals surface area contributed by atoms with E-state index >= 15 is 0 Å². The van der Waals surface area contributed by atoms with Crippen molar-refractivity contribution in [1.29, 1.82) is 0 Å². The summed E-state index contributed by atoms with van der Waals surface area (Å²) in [6.45, 7) is 2.15. The maximum Gasteiger partial charge on any atom is 0.265 e. The number of rotatable bonds is 5. The molecule has 7 nitrogen and oxygen atoms in total. The standard InChI is InChI=1S/C12H17N5O2S2/c1-6-15-7(16-19-6)5-14-11-9(20-4)8(13)10(21-11)12(18)17(2)3/h14H,5,13H2,1-4H3. The van der Waals surface area contributed by atoms with E-state index < -0.39 is 0 Å². The maximum absolute atomic E-state index is 12.1. The van der Waals surface area contributed by atoms with Crippen molar-refractivity contribution in [2.45, 2.75) is 18.4 Å². The highest BCUT2D eigenvalue weighted by Crippen LogP contribution is 2.42. The third-order valence-corrected chi connectivity index (χ3v) is 4.79. The molecule has 0 radical (unpaired) electrons. The third kappa shape index (κ3) is 3.30. The first kappa shape index (κ1) is 15.6. The molecule has 3 N–H and O–H groups in total. The van der Waals surface area contributed by atoms with Crippen molar-refractivity contribution < 1.29 is 9.32 Å². The van der Waals surface area contributed by atoms with Gasteiger partial charge in [0, 0.05) is 21.0 Å². The van der Waals surface area contributed by atoms with Gasteiger partial charge in [0.25, 0.3) is 5.91 Å². The molecule has 9 heteroatoms. The van der Waals surface area contributed by atoms with Gasteiger partial charge in [-0.3, -0.25) is 4.79 Å². The summed E-state index contributed by atoms with van der Waals surface area (Å²) in [6, 6.07) is 0. The Morgan fingerprint density at radius 2 is 2.24 bits per heavy atom. The highest BCUT2D eigenvalue weighted by Gasteiger charge is 2.22. The summed E-state index contributed by atoms with van der Waals surface area (Å²) in [7, 11) is 3.41. The first-order valence-corrected chi connectivity index (χ1v) is 8.19. The maximum atomic E-state index is 12.1. The summed E-state index contributed by atoms with van der Waals surface area (Å²) in [6.07, 6.45) is 1.92.